The number of nitrogens with zero attached hydrogens (tertiary/aromatic N) is 3. The van der Waals surface area contributed by atoms with Crippen LogP contribution in [0.5, 0.6) is 0 Å². The first kappa shape index (κ1) is 14.8. The van der Waals surface area contributed by atoms with E-state index in [1.54, 1.807) is 0 Å². The van der Waals surface area contributed by atoms with Gasteiger partial charge in [0.05, 0.1) is 36.6 Å². The summed E-state index contributed by atoms with van der Waals surface area (Å²) in [6.45, 7) is 7.20. The lowest BCUT2D eigenvalue weighted by Crippen LogP contribution is -2.39. The van der Waals surface area contributed by atoms with Crippen LogP contribution in [0.25, 0.3) is 0 Å². The number of aromatic nitrogens is 2. The van der Waals surface area contributed by atoms with Gasteiger partial charge in [0.15, 0.2) is 0 Å². The quantitative estimate of drug-likeness (QED) is 0.945. The van der Waals surface area contributed by atoms with Gasteiger partial charge in [-0.1, -0.05) is 12.1 Å². The maximum Gasteiger partial charge on any atom is 0.0991 e. The molecule has 0 amide bonds. The molecule has 0 aliphatic carbocycles. The number of H-pyrrole nitrogens is 1. The summed E-state index contributed by atoms with van der Waals surface area (Å²) in [6.07, 6.45) is 0. The number of aryl methyl sites for hydroxylation is 2. The minimum absolute atomic E-state index is 0.207. The number of morpholine rings is 1. The normalized spacial score (nSPS) is 19.0. The van der Waals surface area contributed by atoms with Crippen molar-refractivity contribution in [3.63, 3.8) is 0 Å². The standard InChI is InChI=1S/C17H20N4O/c1-12-17(13(2)20-19-12)16-11-22-7-6-21(16)10-15-5-3-4-14(8-15)9-18/h3-5,8,16H,6-7,10-11H2,1-2H3,(H,19,20). The highest BCUT2D eigenvalue weighted by Crippen LogP contribution is 2.29. The van der Waals surface area contributed by atoms with Crippen molar-refractivity contribution in [1.29, 1.82) is 5.26 Å². The second-order valence-corrected chi connectivity index (χ2v) is 5.72. The number of hydrogen-bond acceptors (Lipinski definition) is 4. The van der Waals surface area contributed by atoms with E-state index in [0.29, 0.717) is 12.2 Å². The van der Waals surface area contributed by atoms with E-state index >= 15 is 0 Å². The van der Waals surface area contributed by atoms with Crippen molar-refractivity contribution >= 4 is 0 Å². The second kappa shape index (κ2) is 6.30. The molecule has 114 valence electrons. The van der Waals surface area contributed by atoms with Crippen molar-refractivity contribution in [3.8, 4) is 6.07 Å². The predicted molar refractivity (Wildman–Crippen MR) is 83.2 cm³/mol. The first-order chi connectivity index (χ1) is 10.7. The van der Waals surface area contributed by atoms with Gasteiger partial charge in [0.2, 0.25) is 0 Å². The fraction of sp³-hybridized carbons (Fsp3) is 0.412. The van der Waals surface area contributed by atoms with E-state index in [9.17, 15) is 0 Å². The molecule has 1 atom stereocenters. The Balaban J connectivity index is 1.85. The van der Waals surface area contributed by atoms with Crippen molar-refractivity contribution < 1.29 is 4.74 Å². The fourth-order valence-corrected chi connectivity index (χ4v) is 3.12. The summed E-state index contributed by atoms with van der Waals surface area (Å²) in [5, 5.41) is 16.4. The lowest BCUT2D eigenvalue weighted by atomic mass is 10.0. The number of nitrogens with one attached hydrogen (secondary N) is 1. The van der Waals surface area contributed by atoms with Crippen LogP contribution in [0.15, 0.2) is 24.3 Å². The molecular formula is C17H20N4O. The maximum absolute atomic E-state index is 9.05. The first-order valence-corrected chi connectivity index (χ1v) is 7.51. The van der Waals surface area contributed by atoms with Gasteiger partial charge in [-0.3, -0.25) is 10.00 Å². The van der Waals surface area contributed by atoms with E-state index in [1.807, 2.05) is 25.1 Å². The third-order valence-corrected chi connectivity index (χ3v) is 4.20. The average molecular weight is 296 g/mol. The molecule has 5 nitrogen and oxygen atoms in total. The van der Waals surface area contributed by atoms with Crippen molar-refractivity contribution in [3.05, 3.63) is 52.3 Å². The number of rotatable bonds is 3. The summed E-state index contributed by atoms with van der Waals surface area (Å²) in [5.74, 6) is 0. The molecule has 1 aliphatic heterocycles. The van der Waals surface area contributed by atoms with E-state index < -0.39 is 0 Å². The lowest BCUT2D eigenvalue weighted by molar-refractivity contribution is -0.0131. The molecule has 0 radical (unpaired) electrons. The topological polar surface area (TPSA) is 64.9 Å². The molecule has 3 rings (SSSR count). The van der Waals surface area contributed by atoms with Crippen LogP contribution >= 0.6 is 0 Å². The van der Waals surface area contributed by atoms with Crippen LogP contribution < -0.4 is 0 Å². The molecule has 0 spiro atoms. The number of ether oxygens (including phenoxy) is 1. The summed E-state index contributed by atoms with van der Waals surface area (Å²) in [5.41, 5.74) is 5.23. The van der Waals surface area contributed by atoms with Crippen molar-refractivity contribution in [2.75, 3.05) is 19.8 Å². The van der Waals surface area contributed by atoms with Gasteiger partial charge in [-0.2, -0.15) is 10.4 Å². The molecule has 2 aromatic rings. The van der Waals surface area contributed by atoms with E-state index in [4.69, 9.17) is 10.00 Å². The molecule has 5 heteroatoms. The summed E-state index contributed by atoms with van der Waals surface area (Å²) in [6, 6.07) is 10.2. The monoisotopic (exact) mass is 296 g/mol. The smallest absolute Gasteiger partial charge is 0.0991 e. The summed E-state index contributed by atoms with van der Waals surface area (Å²) >= 11 is 0. The van der Waals surface area contributed by atoms with Gasteiger partial charge in [-0.25, -0.2) is 0 Å². The third-order valence-electron chi connectivity index (χ3n) is 4.20. The molecule has 1 unspecified atom stereocenters. The Labute approximate surface area is 130 Å². The van der Waals surface area contributed by atoms with Crippen LogP contribution in [-0.2, 0) is 11.3 Å². The Morgan fingerprint density at radius 3 is 3.05 bits per heavy atom. The molecule has 1 saturated heterocycles. The molecule has 2 heterocycles. The first-order valence-electron chi connectivity index (χ1n) is 7.51. The van der Waals surface area contributed by atoms with Gasteiger partial charge in [0.1, 0.15) is 0 Å². The zero-order valence-electron chi connectivity index (χ0n) is 13.0. The van der Waals surface area contributed by atoms with Crippen LogP contribution in [0.1, 0.15) is 34.1 Å². The lowest BCUT2D eigenvalue weighted by Gasteiger charge is -2.36. The Kier molecular flexibility index (Phi) is 4.23. The van der Waals surface area contributed by atoms with Crippen molar-refractivity contribution in [1.82, 2.24) is 15.1 Å². The van der Waals surface area contributed by atoms with Gasteiger partial charge in [-0.05, 0) is 31.5 Å². The van der Waals surface area contributed by atoms with Crippen LogP contribution in [-0.4, -0.2) is 34.9 Å². The molecule has 1 N–H and O–H groups in total. The van der Waals surface area contributed by atoms with E-state index in [2.05, 4.69) is 34.2 Å². The Bertz CT molecular complexity index is 681. The SMILES string of the molecule is Cc1n[nH]c(C)c1C1COCCN1Cc1cccc(C#N)c1. The van der Waals surface area contributed by atoms with Crippen LogP contribution in [0.2, 0.25) is 0 Å². The molecule has 1 aromatic heterocycles. The van der Waals surface area contributed by atoms with E-state index in [0.717, 1.165) is 36.6 Å². The van der Waals surface area contributed by atoms with Crippen LogP contribution in [0, 0.1) is 25.2 Å². The predicted octanol–water partition coefficient (Wildman–Crippen LogP) is 2.47. The third kappa shape index (κ3) is 2.89. The van der Waals surface area contributed by atoms with Gasteiger partial charge in [0.25, 0.3) is 0 Å². The highest BCUT2D eigenvalue weighted by Gasteiger charge is 2.28. The number of nitriles is 1. The van der Waals surface area contributed by atoms with Crippen molar-refractivity contribution in [2.45, 2.75) is 26.4 Å². The number of aromatic amines is 1. The summed E-state index contributed by atoms with van der Waals surface area (Å²) in [7, 11) is 0. The second-order valence-electron chi connectivity index (χ2n) is 5.72. The largest absolute Gasteiger partial charge is 0.378 e. The summed E-state index contributed by atoms with van der Waals surface area (Å²) < 4.78 is 5.69. The Morgan fingerprint density at radius 1 is 1.45 bits per heavy atom. The highest BCUT2D eigenvalue weighted by atomic mass is 16.5. The fourth-order valence-electron chi connectivity index (χ4n) is 3.12. The van der Waals surface area contributed by atoms with E-state index in [-0.39, 0.29) is 6.04 Å². The molecule has 1 fully saturated rings. The highest BCUT2D eigenvalue weighted by molar-refractivity contribution is 5.33. The van der Waals surface area contributed by atoms with Gasteiger partial charge in [-0.15, -0.1) is 0 Å². The molecule has 0 saturated carbocycles. The average Bonchev–Trinajstić information content (AvgIpc) is 2.87. The number of hydrogen-bond donors (Lipinski definition) is 1. The minimum Gasteiger partial charge on any atom is -0.378 e. The number of benzene rings is 1. The maximum atomic E-state index is 9.05. The minimum atomic E-state index is 0.207. The molecule has 1 aliphatic rings. The van der Waals surface area contributed by atoms with Gasteiger partial charge in [0, 0.05) is 24.3 Å². The molecule has 22 heavy (non-hydrogen) atoms. The molecule has 1 aromatic carbocycles. The Hall–Kier alpha value is -2.16. The van der Waals surface area contributed by atoms with Crippen LogP contribution in [0.3, 0.4) is 0 Å². The zero-order chi connectivity index (χ0) is 15.5. The van der Waals surface area contributed by atoms with Crippen LogP contribution in [0.4, 0.5) is 0 Å². The van der Waals surface area contributed by atoms with Gasteiger partial charge < -0.3 is 4.74 Å². The summed E-state index contributed by atoms with van der Waals surface area (Å²) in [4.78, 5) is 2.41. The van der Waals surface area contributed by atoms with E-state index in [1.165, 1.54) is 5.56 Å². The zero-order valence-corrected chi connectivity index (χ0v) is 13.0. The van der Waals surface area contributed by atoms with Gasteiger partial charge >= 0.3 is 0 Å². The molecule has 0 bridgehead atoms. The van der Waals surface area contributed by atoms with Crippen molar-refractivity contribution in [2.24, 2.45) is 0 Å². The molecular weight excluding hydrogens is 276 g/mol. The Morgan fingerprint density at radius 2 is 2.32 bits per heavy atom.